The monoisotopic (exact) mass is 382 g/mol. The molecule has 0 aliphatic heterocycles. The lowest BCUT2D eigenvalue weighted by molar-refractivity contribution is 0.0958. The molecular weight excluding hydrogens is 360 g/mol. The van der Waals surface area contributed by atoms with Gasteiger partial charge in [0.05, 0.1) is 5.69 Å². The number of benzene rings is 1. The number of hydrogen-bond donors (Lipinski definition) is 2. The van der Waals surface area contributed by atoms with Crippen LogP contribution in [0.4, 0.5) is 5.69 Å². The average molecular weight is 382 g/mol. The third-order valence-electron chi connectivity index (χ3n) is 4.08. The predicted octanol–water partition coefficient (Wildman–Crippen LogP) is 1.88. The molecule has 0 saturated heterocycles. The van der Waals surface area contributed by atoms with Gasteiger partial charge >= 0.3 is 0 Å². The van der Waals surface area contributed by atoms with Crippen LogP contribution in [0.3, 0.4) is 0 Å². The maximum absolute atomic E-state index is 12.5. The molecule has 0 radical (unpaired) electrons. The second kappa shape index (κ2) is 7.95. The van der Waals surface area contributed by atoms with Gasteiger partial charge in [-0.2, -0.15) is 10.2 Å². The van der Waals surface area contributed by atoms with Gasteiger partial charge in [-0.1, -0.05) is 17.7 Å². The first-order chi connectivity index (χ1) is 13.4. The largest absolute Gasteiger partial charge is 0.471 e. The van der Waals surface area contributed by atoms with E-state index in [1.165, 1.54) is 16.4 Å². The number of hydrogen-bond acceptors (Lipinski definition) is 5. The van der Waals surface area contributed by atoms with Crippen LogP contribution in [0.15, 0.2) is 36.7 Å². The van der Waals surface area contributed by atoms with Crippen LogP contribution in [0, 0.1) is 13.8 Å². The van der Waals surface area contributed by atoms with Crippen LogP contribution in [0.25, 0.3) is 0 Å². The lowest BCUT2D eigenvalue weighted by atomic mass is 10.1. The van der Waals surface area contributed by atoms with E-state index in [2.05, 4.69) is 20.8 Å². The van der Waals surface area contributed by atoms with Crippen molar-refractivity contribution in [3.8, 4) is 5.75 Å². The van der Waals surface area contributed by atoms with Crippen LogP contribution in [0.2, 0.25) is 0 Å². The van der Waals surface area contributed by atoms with Gasteiger partial charge in [-0.25, -0.2) is 4.68 Å². The Balaban J connectivity index is 1.67. The third-order valence-corrected chi connectivity index (χ3v) is 4.08. The Bertz CT molecular complexity index is 1020. The standard InChI is InChI=1S/C19H22N6O3/c1-12-5-6-16(13(2)9-12)28-11-25-8-7-14(22-25)18(26)21-15-10-24(4)23-17(15)19(27)20-3/h5-10H,11H2,1-4H3,(H,20,27)(H,21,26). The van der Waals surface area contributed by atoms with E-state index in [1.54, 1.807) is 25.5 Å². The number of nitrogens with one attached hydrogen (secondary N) is 2. The van der Waals surface area contributed by atoms with Gasteiger partial charge in [0.2, 0.25) is 0 Å². The molecule has 0 unspecified atom stereocenters. The fourth-order valence-electron chi connectivity index (χ4n) is 2.70. The van der Waals surface area contributed by atoms with Crippen molar-refractivity contribution in [1.82, 2.24) is 24.9 Å². The van der Waals surface area contributed by atoms with E-state index in [0.29, 0.717) is 5.69 Å². The molecule has 2 heterocycles. The topological polar surface area (TPSA) is 103 Å². The third kappa shape index (κ3) is 4.20. The number of aromatic nitrogens is 4. The zero-order valence-corrected chi connectivity index (χ0v) is 16.2. The zero-order chi connectivity index (χ0) is 20.3. The van der Waals surface area contributed by atoms with Crippen LogP contribution >= 0.6 is 0 Å². The minimum Gasteiger partial charge on any atom is -0.471 e. The Hall–Kier alpha value is -3.62. The predicted molar refractivity (Wildman–Crippen MR) is 103 cm³/mol. The molecule has 0 fully saturated rings. The Morgan fingerprint density at radius 2 is 1.93 bits per heavy atom. The Labute approximate surface area is 162 Å². The molecule has 3 rings (SSSR count). The molecule has 0 bridgehead atoms. The van der Waals surface area contributed by atoms with Crippen molar-refractivity contribution in [2.75, 3.05) is 12.4 Å². The van der Waals surface area contributed by atoms with Gasteiger partial charge in [-0.3, -0.25) is 14.3 Å². The molecule has 0 atom stereocenters. The van der Waals surface area contributed by atoms with Gasteiger partial charge in [0.1, 0.15) is 5.75 Å². The molecule has 0 saturated carbocycles. The summed E-state index contributed by atoms with van der Waals surface area (Å²) in [7, 11) is 3.17. The first kappa shape index (κ1) is 19.2. The van der Waals surface area contributed by atoms with Crippen molar-refractivity contribution >= 4 is 17.5 Å². The van der Waals surface area contributed by atoms with Gasteiger partial charge in [-0.05, 0) is 31.5 Å². The van der Waals surface area contributed by atoms with Gasteiger partial charge in [0, 0.05) is 26.5 Å². The van der Waals surface area contributed by atoms with E-state index >= 15 is 0 Å². The Kier molecular flexibility index (Phi) is 5.44. The lowest BCUT2D eigenvalue weighted by Gasteiger charge is -2.09. The minimum absolute atomic E-state index is 0.135. The van der Waals surface area contributed by atoms with Gasteiger partial charge in [0.15, 0.2) is 18.1 Å². The molecule has 9 nitrogen and oxygen atoms in total. The van der Waals surface area contributed by atoms with E-state index < -0.39 is 5.91 Å². The number of nitrogens with zero attached hydrogens (tertiary/aromatic N) is 4. The molecule has 2 amide bonds. The number of carbonyl (C=O) groups is 2. The first-order valence-corrected chi connectivity index (χ1v) is 8.68. The van der Waals surface area contributed by atoms with Crippen molar-refractivity contribution in [3.63, 3.8) is 0 Å². The number of amides is 2. The molecule has 0 spiro atoms. The van der Waals surface area contributed by atoms with Gasteiger partial charge in [0.25, 0.3) is 11.8 Å². The highest BCUT2D eigenvalue weighted by Crippen LogP contribution is 2.19. The van der Waals surface area contributed by atoms with Gasteiger partial charge < -0.3 is 15.4 Å². The molecule has 3 aromatic rings. The Morgan fingerprint density at radius 3 is 2.64 bits per heavy atom. The highest BCUT2D eigenvalue weighted by Gasteiger charge is 2.18. The van der Waals surface area contributed by atoms with E-state index in [0.717, 1.165) is 16.9 Å². The van der Waals surface area contributed by atoms with E-state index in [9.17, 15) is 9.59 Å². The molecule has 28 heavy (non-hydrogen) atoms. The van der Waals surface area contributed by atoms with Crippen LogP contribution in [0.5, 0.6) is 5.75 Å². The molecule has 0 aliphatic rings. The maximum atomic E-state index is 12.5. The van der Waals surface area contributed by atoms with Crippen molar-refractivity contribution in [3.05, 3.63) is 59.2 Å². The van der Waals surface area contributed by atoms with Crippen LogP contribution in [-0.4, -0.2) is 38.4 Å². The fraction of sp³-hybridized carbons (Fsp3) is 0.263. The number of anilines is 1. The number of ether oxygens (including phenoxy) is 1. The highest BCUT2D eigenvalue weighted by atomic mass is 16.5. The van der Waals surface area contributed by atoms with Crippen LogP contribution in [0.1, 0.15) is 32.1 Å². The summed E-state index contributed by atoms with van der Waals surface area (Å²) < 4.78 is 8.74. The second-order valence-electron chi connectivity index (χ2n) is 6.38. The van der Waals surface area contributed by atoms with E-state index in [4.69, 9.17) is 4.74 Å². The summed E-state index contributed by atoms with van der Waals surface area (Å²) in [6.45, 7) is 4.17. The lowest BCUT2D eigenvalue weighted by Crippen LogP contribution is -2.21. The van der Waals surface area contributed by atoms with E-state index in [-0.39, 0.29) is 24.0 Å². The molecule has 1 aromatic carbocycles. The molecule has 9 heteroatoms. The summed E-state index contributed by atoms with van der Waals surface area (Å²) in [5.41, 5.74) is 2.85. The minimum atomic E-state index is -0.441. The van der Waals surface area contributed by atoms with Crippen molar-refractivity contribution in [2.24, 2.45) is 7.05 Å². The normalized spacial score (nSPS) is 10.6. The number of carbonyl (C=O) groups excluding carboxylic acids is 2. The SMILES string of the molecule is CNC(=O)c1nn(C)cc1NC(=O)c1ccn(COc2ccc(C)cc2C)n1. The van der Waals surface area contributed by atoms with Gasteiger partial charge in [-0.15, -0.1) is 0 Å². The first-order valence-electron chi connectivity index (χ1n) is 8.68. The van der Waals surface area contributed by atoms with Crippen molar-refractivity contribution in [2.45, 2.75) is 20.6 Å². The fourth-order valence-corrected chi connectivity index (χ4v) is 2.70. The second-order valence-corrected chi connectivity index (χ2v) is 6.38. The summed E-state index contributed by atoms with van der Waals surface area (Å²) in [6, 6.07) is 7.50. The molecule has 146 valence electrons. The maximum Gasteiger partial charge on any atom is 0.276 e. The summed E-state index contributed by atoms with van der Waals surface area (Å²) in [6.07, 6.45) is 3.21. The smallest absolute Gasteiger partial charge is 0.276 e. The molecular formula is C19H22N6O3. The highest BCUT2D eigenvalue weighted by molar-refractivity contribution is 6.07. The average Bonchev–Trinajstić information content (AvgIpc) is 3.27. The van der Waals surface area contributed by atoms with E-state index in [1.807, 2.05) is 32.0 Å². The van der Waals surface area contributed by atoms with Crippen molar-refractivity contribution < 1.29 is 14.3 Å². The molecule has 2 N–H and O–H groups in total. The molecule has 2 aromatic heterocycles. The summed E-state index contributed by atoms with van der Waals surface area (Å²) in [5.74, 6) is -0.0654. The summed E-state index contributed by atoms with van der Waals surface area (Å²) in [5, 5.41) is 13.4. The van der Waals surface area contributed by atoms with Crippen LogP contribution in [-0.2, 0) is 13.8 Å². The summed E-state index contributed by atoms with van der Waals surface area (Å²) >= 11 is 0. The number of rotatable bonds is 6. The zero-order valence-electron chi connectivity index (χ0n) is 16.2. The number of aryl methyl sites for hydroxylation is 3. The quantitative estimate of drug-likeness (QED) is 0.678. The van der Waals surface area contributed by atoms with Crippen LogP contribution < -0.4 is 15.4 Å². The molecule has 0 aliphatic carbocycles. The Morgan fingerprint density at radius 1 is 1.14 bits per heavy atom. The summed E-state index contributed by atoms with van der Waals surface area (Å²) in [4.78, 5) is 24.3. The van der Waals surface area contributed by atoms with Crippen molar-refractivity contribution in [1.29, 1.82) is 0 Å².